The molecule has 1 aliphatic rings. The molecule has 0 N–H and O–H groups in total. The molecule has 4 heteroatoms. The lowest BCUT2D eigenvalue weighted by Gasteiger charge is -2.14. The molecule has 1 fully saturated rings. The summed E-state index contributed by atoms with van der Waals surface area (Å²) in [6, 6.07) is 4.28. The molecule has 1 saturated carbocycles. The highest BCUT2D eigenvalue weighted by atomic mass is 79.9. The lowest BCUT2D eigenvalue weighted by atomic mass is 10.1. The molecule has 1 aliphatic carbocycles. The highest BCUT2D eigenvalue weighted by molar-refractivity contribution is 9.10. The Morgan fingerprint density at radius 1 is 1.28 bits per heavy atom. The molecule has 2 heterocycles. The summed E-state index contributed by atoms with van der Waals surface area (Å²) in [6.45, 7) is 0. The molecule has 0 spiro atoms. The highest BCUT2D eigenvalue weighted by Crippen LogP contribution is 2.35. The zero-order chi connectivity index (χ0) is 12.7. The first kappa shape index (κ1) is 12.0. The van der Waals surface area contributed by atoms with Gasteiger partial charge in [0.15, 0.2) is 0 Å². The van der Waals surface area contributed by atoms with Crippen molar-refractivity contribution in [3.05, 3.63) is 28.8 Å². The minimum atomic E-state index is 0.626. The van der Waals surface area contributed by atoms with Gasteiger partial charge in [-0.25, -0.2) is 4.98 Å². The van der Waals surface area contributed by atoms with E-state index in [9.17, 15) is 0 Å². The van der Waals surface area contributed by atoms with Gasteiger partial charge in [0.2, 0.25) is 0 Å². The zero-order valence-corrected chi connectivity index (χ0v) is 12.4. The van der Waals surface area contributed by atoms with Crippen LogP contribution < -0.4 is 4.90 Å². The summed E-state index contributed by atoms with van der Waals surface area (Å²) in [5, 5.41) is 0. The summed E-state index contributed by atoms with van der Waals surface area (Å²) in [5.41, 5.74) is 2.38. The first-order valence-electron chi connectivity index (χ1n) is 6.51. The van der Waals surface area contributed by atoms with E-state index in [1.807, 2.05) is 0 Å². The van der Waals surface area contributed by atoms with Gasteiger partial charge in [0.05, 0.1) is 11.2 Å². The molecule has 2 aromatic heterocycles. The van der Waals surface area contributed by atoms with Crippen LogP contribution in [0.2, 0.25) is 0 Å². The maximum Gasteiger partial charge on any atom is 0.132 e. The van der Waals surface area contributed by atoms with Crippen molar-refractivity contribution in [2.45, 2.75) is 31.6 Å². The second kappa shape index (κ2) is 4.57. The molecule has 3 nitrogen and oxygen atoms in total. The Hall–Kier alpha value is -1.03. The van der Waals surface area contributed by atoms with Crippen LogP contribution in [0.25, 0.3) is 5.52 Å². The van der Waals surface area contributed by atoms with Crippen molar-refractivity contribution in [3.63, 3.8) is 0 Å². The zero-order valence-electron chi connectivity index (χ0n) is 10.9. The van der Waals surface area contributed by atoms with E-state index in [0.29, 0.717) is 5.92 Å². The van der Waals surface area contributed by atoms with Crippen LogP contribution in [0, 0.1) is 0 Å². The van der Waals surface area contributed by atoms with Gasteiger partial charge >= 0.3 is 0 Å². The van der Waals surface area contributed by atoms with Crippen molar-refractivity contribution < 1.29 is 0 Å². The van der Waals surface area contributed by atoms with Crippen molar-refractivity contribution in [2.75, 3.05) is 19.0 Å². The number of fused-ring (bicyclic) bond motifs is 1. The molecule has 0 bridgehead atoms. The number of imidazole rings is 1. The summed E-state index contributed by atoms with van der Waals surface area (Å²) in [6.07, 6.45) is 7.42. The molecule has 18 heavy (non-hydrogen) atoms. The van der Waals surface area contributed by atoms with Crippen LogP contribution in [0.1, 0.15) is 37.4 Å². The number of pyridine rings is 1. The van der Waals surface area contributed by atoms with Gasteiger partial charge in [-0.1, -0.05) is 12.8 Å². The summed E-state index contributed by atoms with van der Waals surface area (Å²) in [5.74, 6) is 1.85. The van der Waals surface area contributed by atoms with Crippen molar-refractivity contribution in [1.82, 2.24) is 9.38 Å². The third-order valence-corrected chi connectivity index (χ3v) is 4.42. The van der Waals surface area contributed by atoms with Gasteiger partial charge in [-0.15, -0.1) is 0 Å². The number of rotatable bonds is 2. The Balaban J connectivity index is 2.15. The summed E-state index contributed by atoms with van der Waals surface area (Å²) < 4.78 is 3.23. The summed E-state index contributed by atoms with van der Waals surface area (Å²) in [4.78, 5) is 6.86. The second-order valence-electron chi connectivity index (χ2n) is 5.28. The third kappa shape index (κ3) is 1.92. The first-order valence-corrected chi connectivity index (χ1v) is 7.31. The van der Waals surface area contributed by atoms with E-state index in [1.165, 1.54) is 42.7 Å². The molecule has 0 aromatic carbocycles. The predicted molar refractivity (Wildman–Crippen MR) is 78.4 cm³/mol. The lowest BCUT2D eigenvalue weighted by Crippen LogP contribution is -2.10. The lowest BCUT2D eigenvalue weighted by molar-refractivity contribution is 0.664. The Morgan fingerprint density at radius 2 is 2.00 bits per heavy atom. The molecule has 0 aliphatic heterocycles. The van der Waals surface area contributed by atoms with Gasteiger partial charge in [0.25, 0.3) is 0 Å². The number of hydrogen-bond donors (Lipinski definition) is 0. The average Bonchev–Trinajstić information content (AvgIpc) is 2.97. The maximum atomic E-state index is 4.73. The largest absolute Gasteiger partial charge is 0.376 e. The number of hydrogen-bond acceptors (Lipinski definition) is 2. The van der Waals surface area contributed by atoms with E-state index >= 15 is 0 Å². The second-order valence-corrected chi connectivity index (χ2v) is 6.03. The fourth-order valence-electron chi connectivity index (χ4n) is 2.80. The summed E-state index contributed by atoms with van der Waals surface area (Å²) >= 11 is 3.58. The van der Waals surface area contributed by atoms with Gasteiger partial charge in [0, 0.05) is 26.2 Å². The van der Waals surface area contributed by atoms with Crippen molar-refractivity contribution in [3.8, 4) is 0 Å². The first-order chi connectivity index (χ1) is 8.66. The fourth-order valence-corrected chi connectivity index (χ4v) is 3.30. The Bertz CT molecular complexity index is 568. The molecule has 0 saturated heterocycles. The van der Waals surface area contributed by atoms with Crippen LogP contribution >= 0.6 is 15.9 Å². The van der Waals surface area contributed by atoms with Gasteiger partial charge in [-0.2, -0.15) is 0 Å². The van der Waals surface area contributed by atoms with Gasteiger partial charge in [-0.3, -0.25) is 0 Å². The van der Waals surface area contributed by atoms with Gasteiger partial charge < -0.3 is 9.30 Å². The Labute approximate surface area is 116 Å². The van der Waals surface area contributed by atoms with Crippen LogP contribution in [0.15, 0.2) is 22.9 Å². The van der Waals surface area contributed by atoms with Gasteiger partial charge in [0.1, 0.15) is 10.4 Å². The molecule has 0 amide bonds. The predicted octanol–water partition coefficient (Wildman–Crippen LogP) is 3.82. The minimum Gasteiger partial charge on any atom is -0.376 e. The topological polar surface area (TPSA) is 20.5 Å². The van der Waals surface area contributed by atoms with Crippen LogP contribution in [0.5, 0.6) is 0 Å². The Kier molecular flexibility index (Phi) is 3.06. The van der Waals surface area contributed by atoms with E-state index in [-0.39, 0.29) is 0 Å². The van der Waals surface area contributed by atoms with Crippen LogP contribution in [-0.4, -0.2) is 23.5 Å². The molecule has 0 radical (unpaired) electrons. The van der Waals surface area contributed by atoms with Crippen molar-refractivity contribution >= 4 is 27.1 Å². The number of halogens is 1. The molecular weight excluding hydrogens is 290 g/mol. The standard InChI is InChI=1S/C14H18BrN3/c1-17(2)11-7-8-12-13(15)16-14(18(12)9-11)10-5-3-4-6-10/h7-10H,3-6H2,1-2H3. The molecule has 0 unspecified atom stereocenters. The van der Waals surface area contributed by atoms with Crippen LogP contribution in [0.4, 0.5) is 5.69 Å². The van der Waals surface area contributed by atoms with E-state index < -0.39 is 0 Å². The number of anilines is 1. The van der Waals surface area contributed by atoms with Crippen molar-refractivity contribution in [2.24, 2.45) is 0 Å². The average molecular weight is 308 g/mol. The molecule has 3 rings (SSSR count). The van der Waals surface area contributed by atoms with Gasteiger partial charge in [-0.05, 0) is 40.9 Å². The van der Waals surface area contributed by atoms with E-state index in [4.69, 9.17) is 4.98 Å². The Morgan fingerprint density at radius 3 is 2.67 bits per heavy atom. The molecule has 0 atom stereocenters. The van der Waals surface area contributed by atoms with E-state index in [2.05, 4.69) is 57.7 Å². The molecule has 96 valence electrons. The maximum absolute atomic E-state index is 4.73. The SMILES string of the molecule is CN(C)c1ccc2c(Br)nc(C3CCCC3)n2c1. The normalized spacial score (nSPS) is 16.6. The number of nitrogens with zero attached hydrogens (tertiary/aromatic N) is 3. The van der Waals surface area contributed by atoms with Crippen LogP contribution in [0.3, 0.4) is 0 Å². The highest BCUT2D eigenvalue weighted by Gasteiger charge is 2.23. The van der Waals surface area contributed by atoms with Crippen molar-refractivity contribution in [1.29, 1.82) is 0 Å². The van der Waals surface area contributed by atoms with E-state index in [1.54, 1.807) is 0 Å². The summed E-state index contributed by atoms with van der Waals surface area (Å²) in [7, 11) is 4.14. The minimum absolute atomic E-state index is 0.626. The molecule has 2 aromatic rings. The van der Waals surface area contributed by atoms with E-state index in [0.717, 1.165) is 4.60 Å². The number of aromatic nitrogens is 2. The third-order valence-electron chi connectivity index (χ3n) is 3.84. The monoisotopic (exact) mass is 307 g/mol. The fraction of sp³-hybridized carbons (Fsp3) is 0.500. The molecular formula is C14H18BrN3. The smallest absolute Gasteiger partial charge is 0.132 e. The quantitative estimate of drug-likeness (QED) is 0.841. The van der Waals surface area contributed by atoms with Crippen LogP contribution in [-0.2, 0) is 0 Å².